The van der Waals surface area contributed by atoms with E-state index in [0.717, 1.165) is 43.7 Å². The zero-order valence-corrected chi connectivity index (χ0v) is 20.9. The molecule has 3 aromatic carbocycles. The number of benzene rings is 3. The Morgan fingerprint density at radius 1 is 0.829 bits per heavy atom. The molecule has 5 rings (SSSR count). The minimum Gasteiger partial charge on any atom is -0.423 e. The van der Waals surface area contributed by atoms with Crippen LogP contribution in [0.1, 0.15) is 53.6 Å². The van der Waals surface area contributed by atoms with Crippen LogP contribution in [-0.4, -0.2) is 36.0 Å². The standard InChI is InChI=1S/C31H34N2O2/c1-22(2)27-20-28-26(19-30(34)35-29(28)18-23(27)3)21-32-14-16-33(17-15-32)31(24-10-6-4-7-11-24)25-12-8-5-9-13-25/h4-13,18-20,22,31H,14-17,21H2,1-3H3. The molecule has 4 aromatic rings. The van der Waals surface area contributed by atoms with Gasteiger partial charge in [0.15, 0.2) is 0 Å². The summed E-state index contributed by atoms with van der Waals surface area (Å²) in [5, 5.41) is 1.06. The Labute approximate surface area is 207 Å². The first kappa shape index (κ1) is 23.5. The summed E-state index contributed by atoms with van der Waals surface area (Å²) < 4.78 is 5.57. The second kappa shape index (κ2) is 10.2. The quantitative estimate of drug-likeness (QED) is 0.320. The van der Waals surface area contributed by atoms with Crippen LogP contribution in [0.15, 0.2) is 88.1 Å². The molecule has 1 saturated heterocycles. The van der Waals surface area contributed by atoms with Gasteiger partial charge in [-0.05, 0) is 52.8 Å². The molecule has 4 nitrogen and oxygen atoms in total. The lowest BCUT2D eigenvalue weighted by Crippen LogP contribution is -2.47. The molecule has 4 heteroatoms. The number of hydrogen-bond acceptors (Lipinski definition) is 4. The van der Waals surface area contributed by atoms with Crippen molar-refractivity contribution >= 4 is 11.0 Å². The Kier molecular flexibility index (Phi) is 6.85. The maximum atomic E-state index is 12.3. The predicted octanol–water partition coefficient (Wildman–Crippen LogP) is 6.13. The fourth-order valence-corrected chi connectivity index (χ4v) is 5.45. The molecule has 1 fully saturated rings. The molecule has 0 N–H and O–H groups in total. The maximum absolute atomic E-state index is 12.3. The van der Waals surface area contributed by atoms with Crippen LogP contribution < -0.4 is 5.63 Å². The van der Waals surface area contributed by atoms with Crippen molar-refractivity contribution in [1.29, 1.82) is 0 Å². The van der Waals surface area contributed by atoms with Gasteiger partial charge in [0.2, 0.25) is 0 Å². The number of rotatable bonds is 6. The van der Waals surface area contributed by atoms with E-state index in [9.17, 15) is 4.79 Å². The second-order valence-corrected chi connectivity index (χ2v) is 9.99. The first-order valence-electron chi connectivity index (χ1n) is 12.6. The summed E-state index contributed by atoms with van der Waals surface area (Å²) in [6.45, 7) is 11.1. The van der Waals surface area contributed by atoms with Crippen molar-refractivity contribution in [2.45, 2.75) is 39.3 Å². The maximum Gasteiger partial charge on any atom is 0.336 e. The summed E-state index contributed by atoms with van der Waals surface area (Å²) in [5.74, 6) is 0.427. The van der Waals surface area contributed by atoms with Crippen LogP contribution in [0.25, 0.3) is 11.0 Å². The molecule has 1 aliphatic heterocycles. The molecule has 0 amide bonds. The van der Waals surface area contributed by atoms with Gasteiger partial charge in [0.05, 0.1) is 6.04 Å². The van der Waals surface area contributed by atoms with Crippen molar-refractivity contribution in [2.75, 3.05) is 26.2 Å². The highest BCUT2D eigenvalue weighted by Gasteiger charge is 2.26. The Hall–Kier alpha value is -3.21. The van der Waals surface area contributed by atoms with Crippen molar-refractivity contribution in [2.24, 2.45) is 0 Å². The van der Waals surface area contributed by atoms with E-state index in [0.29, 0.717) is 11.5 Å². The lowest BCUT2D eigenvalue weighted by molar-refractivity contribution is 0.105. The van der Waals surface area contributed by atoms with Gasteiger partial charge in [-0.1, -0.05) is 74.5 Å². The zero-order chi connectivity index (χ0) is 24.4. The van der Waals surface area contributed by atoms with Gasteiger partial charge in [0.1, 0.15) is 5.58 Å². The Balaban J connectivity index is 1.37. The average Bonchev–Trinajstić information content (AvgIpc) is 2.86. The van der Waals surface area contributed by atoms with E-state index >= 15 is 0 Å². The molecule has 35 heavy (non-hydrogen) atoms. The number of aryl methyl sites for hydroxylation is 1. The van der Waals surface area contributed by atoms with Gasteiger partial charge in [-0.2, -0.15) is 0 Å². The third-order valence-corrected chi connectivity index (χ3v) is 7.24. The van der Waals surface area contributed by atoms with Gasteiger partial charge < -0.3 is 4.42 Å². The Morgan fingerprint density at radius 2 is 1.43 bits per heavy atom. The third kappa shape index (κ3) is 5.09. The van der Waals surface area contributed by atoms with Crippen LogP contribution in [0.3, 0.4) is 0 Å². The monoisotopic (exact) mass is 466 g/mol. The largest absolute Gasteiger partial charge is 0.423 e. The molecule has 180 valence electrons. The van der Waals surface area contributed by atoms with Crippen LogP contribution in [-0.2, 0) is 6.54 Å². The third-order valence-electron chi connectivity index (χ3n) is 7.24. The smallest absolute Gasteiger partial charge is 0.336 e. The van der Waals surface area contributed by atoms with E-state index in [1.807, 2.05) is 6.07 Å². The van der Waals surface area contributed by atoms with Crippen molar-refractivity contribution in [3.63, 3.8) is 0 Å². The summed E-state index contributed by atoms with van der Waals surface area (Å²) in [6, 6.07) is 27.8. The highest BCUT2D eigenvalue weighted by molar-refractivity contribution is 5.82. The highest BCUT2D eigenvalue weighted by Crippen LogP contribution is 2.31. The molecule has 1 aliphatic rings. The summed E-state index contributed by atoms with van der Waals surface area (Å²) in [6.07, 6.45) is 0. The molecular weight excluding hydrogens is 432 g/mol. The average molecular weight is 467 g/mol. The predicted molar refractivity (Wildman–Crippen MR) is 143 cm³/mol. The molecule has 2 heterocycles. The summed E-state index contributed by atoms with van der Waals surface area (Å²) in [4.78, 5) is 17.4. The molecule has 0 radical (unpaired) electrons. The van der Waals surface area contributed by atoms with Crippen molar-refractivity contribution < 1.29 is 4.42 Å². The fourth-order valence-electron chi connectivity index (χ4n) is 5.45. The lowest BCUT2D eigenvalue weighted by atomic mass is 9.94. The molecular formula is C31H34N2O2. The van der Waals surface area contributed by atoms with Crippen molar-refractivity contribution in [1.82, 2.24) is 9.80 Å². The van der Waals surface area contributed by atoms with Crippen LogP contribution in [0.4, 0.5) is 0 Å². The van der Waals surface area contributed by atoms with Crippen LogP contribution in [0.5, 0.6) is 0 Å². The fraction of sp³-hybridized carbons (Fsp3) is 0.323. The van der Waals surface area contributed by atoms with E-state index in [1.54, 1.807) is 6.07 Å². The van der Waals surface area contributed by atoms with Crippen LogP contribution in [0, 0.1) is 6.92 Å². The van der Waals surface area contributed by atoms with Crippen molar-refractivity contribution in [3.05, 3.63) is 117 Å². The molecule has 0 saturated carbocycles. The first-order valence-corrected chi connectivity index (χ1v) is 12.6. The molecule has 0 unspecified atom stereocenters. The number of nitrogens with zero attached hydrogens (tertiary/aromatic N) is 2. The van der Waals surface area contributed by atoms with Crippen LogP contribution >= 0.6 is 0 Å². The van der Waals surface area contributed by atoms with E-state index < -0.39 is 0 Å². The number of piperazine rings is 1. The molecule has 0 bridgehead atoms. The zero-order valence-electron chi connectivity index (χ0n) is 20.9. The molecule has 0 spiro atoms. The van der Waals surface area contributed by atoms with Gasteiger partial charge in [0.25, 0.3) is 0 Å². The van der Waals surface area contributed by atoms with Gasteiger partial charge in [-0.25, -0.2) is 4.79 Å². The topological polar surface area (TPSA) is 36.7 Å². The van der Waals surface area contributed by atoms with Gasteiger partial charge in [0, 0.05) is 44.2 Å². The SMILES string of the molecule is Cc1cc2oc(=O)cc(CN3CCN(C(c4ccccc4)c4ccccc4)CC3)c2cc1C(C)C. The van der Waals surface area contributed by atoms with E-state index in [1.165, 1.54) is 22.3 Å². The van der Waals surface area contributed by atoms with Crippen molar-refractivity contribution in [3.8, 4) is 0 Å². The number of fused-ring (bicyclic) bond motifs is 1. The molecule has 0 atom stereocenters. The Morgan fingerprint density at radius 3 is 2.00 bits per heavy atom. The second-order valence-electron chi connectivity index (χ2n) is 9.99. The molecule has 1 aromatic heterocycles. The van der Waals surface area contributed by atoms with E-state index in [4.69, 9.17) is 4.42 Å². The van der Waals surface area contributed by atoms with Gasteiger partial charge in [-0.15, -0.1) is 0 Å². The molecule has 0 aliphatic carbocycles. The van der Waals surface area contributed by atoms with Gasteiger partial charge >= 0.3 is 5.63 Å². The first-order chi connectivity index (χ1) is 17.0. The summed E-state index contributed by atoms with van der Waals surface area (Å²) in [5.41, 5.74) is 6.64. The highest BCUT2D eigenvalue weighted by atomic mass is 16.4. The summed E-state index contributed by atoms with van der Waals surface area (Å²) >= 11 is 0. The van der Waals surface area contributed by atoms with Crippen LogP contribution in [0.2, 0.25) is 0 Å². The summed E-state index contributed by atoms with van der Waals surface area (Å²) in [7, 11) is 0. The minimum atomic E-state index is -0.268. The van der Waals surface area contributed by atoms with E-state index in [-0.39, 0.29) is 11.7 Å². The number of hydrogen-bond donors (Lipinski definition) is 0. The normalized spacial score (nSPS) is 15.3. The van der Waals surface area contributed by atoms with Gasteiger partial charge in [-0.3, -0.25) is 9.80 Å². The lowest BCUT2D eigenvalue weighted by Gasteiger charge is -2.40. The van der Waals surface area contributed by atoms with E-state index in [2.05, 4.69) is 97.3 Å². The minimum absolute atomic E-state index is 0.251. The Bertz CT molecular complexity index is 1300.